The summed E-state index contributed by atoms with van der Waals surface area (Å²) in [5.41, 5.74) is 0. The topological polar surface area (TPSA) is 46.0 Å². The SMILES string of the molecule is CCn1c(C)nnc1CN(C)[C@@H]1CCNC1. The average Bonchev–Trinajstić information content (AvgIpc) is 2.88. The summed E-state index contributed by atoms with van der Waals surface area (Å²) in [5.74, 6) is 2.09. The van der Waals surface area contributed by atoms with Crippen LogP contribution in [0.5, 0.6) is 0 Å². The van der Waals surface area contributed by atoms with E-state index in [4.69, 9.17) is 0 Å². The Morgan fingerprint density at radius 1 is 1.50 bits per heavy atom. The highest BCUT2D eigenvalue weighted by Gasteiger charge is 2.20. The van der Waals surface area contributed by atoms with Crippen molar-refractivity contribution in [1.29, 1.82) is 0 Å². The maximum Gasteiger partial charge on any atom is 0.147 e. The molecule has 0 aliphatic carbocycles. The molecular weight excluding hydrogens is 202 g/mol. The second-order valence-electron chi connectivity index (χ2n) is 4.47. The highest BCUT2D eigenvalue weighted by molar-refractivity contribution is 4.94. The molecule has 1 fully saturated rings. The van der Waals surface area contributed by atoms with Crippen molar-refractivity contribution in [1.82, 2.24) is 25.0 Å². The number of rotatable bonds is 4. The zero-order chi connectivity index (χ0) is 11.5. The fourth-order valence-electron chi connectivity index (χ4n) is 2.32. The fraction of sp³-hybridized carbons (Fsp3) is 0.818. The Labute approximate surface area is 96.8 Å². The number of likely N-dealkylation sites (N-methyl/N-ethyl adjacent to an activating group) is 1. The summed E-state index contributed by atoms with van der Waals surface area (Å²) in [5, 5.41) is 11.8. The molecule has 2 heterocycles. The Morgan fingerprint density at radius 2 is 2.31 bits per heavy atom. The summed E-state index contributed by atoms with van der Waals surface area (Å²) in [6, 6.07) is 0.641. The predicted molar refractivity (Wildman–Crippen MR) is 63.2 cm³/mol. The van der Waals surface area contributed by atoms with Gasteiger partial charge in [0.25, 0.3) is 0 Å². The largest absolute Gasteiger partial charge is 0.315 e. The van der Waals surface area contributed by atoms with E-state index in [0.717, 1.165) is 37.8 Å². The number of hydrogen-bond acceptors (Lipinski definition) is 4. The molecule has 1 aromatic heterocycles. The van der Waals surface area contributed by atoms with E-state index in [1.807, 2.05) is 6.92 Å². The van der Waals surface area contributed by atoms with Crippen molar-refractivity contribution >= 4 is 0 Å². The van der Waals surface area contributed by atoms with Crippen LogP contribution in [0.3, 0.4) is 0 Å². The lowest BCUT2D eigenvalue weighted by molar-refractivity contribution is 0.239. The van der Waals surface area contributed by atoms with Crippen molar-refractivity contribution in [2.45, 2.75) is 39.4 Å². The molecule has 1 saturated heterocycles. The molecule has 1 atom stereocenters. The van der Waals surface area contributed by atoms with Gasteiger partial charge < -0.3 is 9.88 Å². The molecule has 0 aromatic carbocycles. The van der Waals surface area contributed by atoms with E-state index in [2.05, 4.69) is 39.0 Å². The maximum atomic E-state index is 4.25. The number of hydrogen-bond donors (Lipinski definition) is 1. The third kappa shape index (κ3) is 2.25. The van der Waals surface area contributed by atoms with Crippen molar-refractivity contribution in [3.8, 4) is 0 Å². The van der Waals surface area contributed by atoms with Gasteiger partial charge in [-0.2, -0.15) is 0 Å². The van der Waals surface area contributed by atoms with Crippen LogP contribution < -0.4 is 5.32 Å². The van der Waals surface area contributed by atoms with Crippen LogP contribution in [0.4, 0.5) is 0 Å². The van der Waals surface area contributed by atoms with Gasteiger partial charge in [0.15, 0.2) is 0 Å². The van der Waals surface area contributed by atoms with E-state index < -0.39 is 0 Å². The summed E-state index contributed by atoms with van der Waals surface area (Å²) in [6.07, 6.45) is 1.23. The van der Waals surface area contributed by atoms with Crippen LogP contribution in [-0.4, -0.2) is 45.8 Å². The minimum atomic E-state index is 0.641. The molecular formula is C11H21N5. The normalized spacial score (nSPS) is 20.9. The molecule has 1 N–H and O–H groups in total. The minimum absolute atomic E-state index is 0.641. The van der Waals surface area contributed by atoms with Crippen LogP contribution >= 0.6 is 0 Å². The molecule has 90 valence electrons. The zero-order valence-corrected chi connectivity index (χ0v) is 10.4. The Balaban J connectivity index is 2.02. The Bertz CT molecular complexity index is 340. The van der Waals surface area contributed by atoms with Crippen molar-refractivity contribution in [3.63, 3.8) is 0 Å². The van der Waals surface area contributed by atoms with Gasteiger partial charge in [0.2, 0.25) is 0 Å². The van der Waals surface area contributed by atoms with Crippen molar-refractivity contribution in [2.24, 2.45) is 0 Å². The van der Waals surface area contributed by atoms with Crippen molar-refractivity contribution in [3.05, 3.63) is 11.6 Å². The monoisotopic (exact) mass is 223 g/mol. The van der Waals surface area contributed by atoms with Gasteiger partial charge in [-0.3, -0.25) is 4.90 Å². The minimum Gasteiger partial charge on any atom is -0.315 e. The first-order valence-corrected chi connectivity index (χ1v) is 6.02. The third-order valence-electron chi connectivity index (χ3n) is 3.38. The standard InChI is InChI=1S/C11H21N5/c1-4-16-9(2)13-14-11(16)8-15(3)10-5-6-12-7-10/h10,12H,4-8H2,1-3H3/t10-/m1/s1. The highest BCUT2D eigenvalue weighted by Crippen LogP contribution is 2.10. The van der Waals surface area contributed by atoms with E-state index in [9.17, 15) is 0 Å². The summed E-state index contributed by atoms with van der Waals surface area (Å²) in [4.78, 5) is 2.37. The molecule has 0 saturated carbocycles. The zero-order valence-electron chi connectivity index (χ0n) is 10.4. The van der Waals surface area contributed by atoms with Crippen LogP contribution in [0, 0.1) is 6.92 Å². The van der Waals surface area contributed by atoms with Crippen LogP contribution in [0.1, 0.15) is 25.0 Å². The lowest BCUT2D eigenvalue weighted by Crippen LogP contribution is -2.33. The quantitative estimate of drug-likeness (QED) is 0.802. The van der Waals surface area contributed by atoms with E-state index in [1.165, 1.54) is 6.42 Å². The van der Waals surface area contributed by atoms with Gasteiger partial charge in [0.05, 0.1) is 6.54 Å². The van der Waals surface area contributed by atoms with Gasteiger partial charge in [-0.1, -0.05) is 0 Å². The molecule has 1 aliphatic heterocycles. The molecule has 2 rings (SSSR count). The first-order chi connectivity index (χ1) is 7.72. The predicted octanol–water partition coefficient (Wildman–Crippen LogP) is 0.400. The molecule has 5 nitrogen and oxygen atoms in total. The van der Waals surface area contributed by atoms with Crippen molar-refractivity contribution in [2.75, 3.05) is 20.1 Å². The Hall–Kier alpha value is -0.940. The molecule has 16 heavy (non-hydrogen) atoms. The van der Waals surface area contributed by atoms with Crippen LogP contribution in [0.25, 0.3) is 0 Å². The second kappa shape index (κ2) is 4.93. The molecule has 0 radical (unpaired) electrons. The smallest absolute Gasteiger partial charge is 0.147 e. The fourth-order valence-corrected chi connectivity index (χ4v) is 2.32. The summed E-state index contributed by atoms with van der Waals surface area (Å²) >= 11 is 0. The van der Waals surface area contributed by atoms with Crippen LogP contribution in [0.15, 0.2) is 0 Å². The van der Waals surface area contributed by atoms with E-state index in [-0.39, 0.29) is 0 Å². The van der Waals surface area contributed by atoms with Gasteiger partial charge in [0.1, 0.15) is 11.6 Å². The lowest BCUT2D eigenvalue weighted by Gasteiger charge is -2.22. The van der Waals surface area contributed by atoms with Gasteiger partial charge in [0, 0.05) is 19.1 Å². The Morgan fingerprint density at radius 3 is 2.94 bits per heavy atom. The van der Waals surface area contributed by atoms with E-state index in [0.29, 0.717) is 6.04 Å². The number of nitrogens with zero attached hydrogens (tertiary/aromatic N) is 4. The second-order valence-corrected chi connectivity index (χ2v) is 4.47. The molecule has 1 aromatic rings. The maximum absolute atomic E-state index is 4.25. The summed E-state index contributed by atoms with van der Waals surface area (Å²) in [7, 11) is 2.17. The first-order valence-electron chi connectivity index (χ1n) is 6.02. The van der Waals surface area contributed by atoms with Gasteiger partial charge in [-0.15, -0.1) is 10.2 Å². The third-order valence-corrected chi connectivity index (χ3v) is 3.38. The van der Waals surface area contributed by atoms with Crippen LogP contribution in [0.2, 0.25) is 0 Å². The summed E-state index contributed by atoms with van der Waals surface area (Å²) in [6.45, 7) is 8.21. The Kier molecular flexibility index (Phi) is 3.56. The van der Waals surface area contributed by atoms with Gasteiger partial charge in [-0.25, -0.2) is 0 Å². The molecule has 0 spiro atoms. The lowest BCUT2D eigenvalue weighted by atomic mass is 10.2. The van der Waals surface area contributed by atoms with E-state index in [1.54, 1.807) is 0 Å². The molecule has 0 bridgehead atoms. The molecule has 1 aliphatic rings. The van der Waals surface area contributed by atoms with E-state index >= 15 is 0 Å². The number of aryl methyl sites for hydroxylation is 1. The van der Waals surface area contributed by atoms with Crippen molar-refractivity contribution < 1.29 is 0 Å². The molecule has 5 heteroatoms. The van der Waals surface area contributed by atoms with Crippen LogP contribution in [-0.2, 0) is 13.1 Å². The molecule has 0 amide bonds. The van der Waals surface area contributed by atoms with Gasteiger partial charge >= 0.3 is 0 Å². The first kappa shape index (κ1) is 11.5. The van der Waals surface area contributed by atoms with Gasteiger partial charge in [-0.05, 0) is 33.9 Å². The average molecular weight is 223 g/mol. The number of nitrogens with one attached hydrogen (secondary N) is 1. The number of aromatic nitrogens is 3. The highest BCUT2D eigenvalue weighted by atomic mass is 15.3. The summed E-state index contributed by atoms with van der Waals surface area (Å²) < 4.78 is 2.18. The molecule has 0 unspecified atom stereocenters.